The average Bonchev–Trinajstić information content (AvgIpc) is 2.84. The van der Waals surface area contributed by atoms with Gasteiger partial charge in [-0.15, -0.1) is 0 Å². The van der Waals surface area contributed by atoms with Crippen LogP contribution in [0.1, 0.15) is 32.4 Å². The van der Waals surface area contributed by atoms with Crippen LogP contribution in [0.5, 0.6) is 0 Å². The molecule has 0 saturated carbocycles. The van der Waals surface area contributed by atoms with Crippen LogP contribution in [0.4, 0.5) is 0 Å². The number of hydrogen-bond acceptors (Lipinski definition) is 4. The van der Waals surface area contributed by atoms with Gasteiger partial charge in [-0.25, -0.2) is 8.42 Å². The molecule has 0 spiro atoms. The Balaban J connectivity index is 2.07. The van der Waals surface area contributed by atoms with Gasteiger partial charge in [0.15, 0.2) is 0 Å². The summed E-state index contributed by atoms with van der Waals surface area (Å²) in [4.78, 5) is 0.296. The number of H-pyrrole nitrogens is 1. The Morgan fingerprint density at radius 3 is 2.85 bits per heavy atom. The topological polar surface area (TPSA) is 78.1 Å². The van der Waals surface area contributed by atoms with E-state index < -0.39 is 10.0 Å². The molecule has 2 rings (SSSR count). The van der Waals surface area contributed by atoms with Crippen LogP contribution in [0.3, 0.4) is 0 Å². The van der Waals surface area contributed by atoms with E-state index in [0.717, 1.165) is 19.4 Å². The molecule has 0 radical (unpaired) electrons. The minimum absolute atomic E-state index is 0.296. The Hall–Kier alpha value is -0.920. The third kappa shape index (κ3) is 3.05. The van der Waals surface area contributed by atoms with E-state index in [1.807, 2.05) is 0 Å². The Labute approximate surface area is 121 Å². The van der Waals surface area contributed by atoms with Gasteiger partial charge < -0.3 is 5.32 Å². The highest BCUT2D eigenvalue weighted by molar-refractivity contribution is 7.89. The van der Waals surface area contributed by atoms with Gasteiger partial charge in [0.05, 0.1) is 11.9 Å². The van der Waals surface area contributed by atoms with Crippen molar-refractivity contribution < 1.29 is 8.42 Å². The largest absolute Gasteiger partial charge is 0.314 e. The molecule has 0 amide bonds. The van der Waals surface area contributed by atoms with Crippen LogP contribution in [0.15, 0.2) is 11.1 Å². The van der Waals surface area contributed by atoms with E-state index in [-0.39, 0.29) is 0 Å². The molecule has 0 aliphatic carbocycles. The lowest BCUT2D eigenvalue weighted by Gasteiger charge is -2.36. The fourth-order valence-corrected chi connectivity index (χ4v) is 4.37. The van der Waals surface area contributed by atoms with Crippen LogP contribution >= 0.6 is 0 Å². The lowest BCUT2D eigenvalue weighted by atomic mass is 9.95. The Bertz CT molecular complexity index is 540. The summed E-state index contributed by atoms with van der Waals surface area (Å²) in [7, 11) is -3.41. The standard InChI is InChI=1S/C13H24N4O2S/c1-4-6-14-12-5-7-17(9-10(12)2)20(18,19)13-8-15-16-11(13)3/h8,10,12,14H,4-7,9H2,1-3H3,(H,15,16). The Kier molecular flexibility index (Phi) is 4.82. The minimum atomic E-state index is -3.41. The fourth-order valence-electron chi connectivity index (χ4n) is 2.70. The van der Waals surface area contributed by atoms with Crippen molar-refractivity contribution in [3.63, 3.8) is 0 Å². The van der Waals surface area contributed by atoms with Crippen LogP contribution in [0.25, 0.3) is 0 Å². The number of aromatic amines is 1. The maximum Gasteiger partial charge on any atom is 0.246 e. The summed E-state index contributed by atoms with van der Waals surface area (Å²) >= 11 is 0. The molecule has 2 heterocycles. The summed E-state index contributed by atoms with van der Waals surface area (Å²) in [5, 5.41) is 10.0. The van der Waals surface area contributed by atoms with Gasteiger partial charge in [0.25, 0.3) is 0 Å². The highest BCUT2D eigenvalue weighted by Gasteiger charge is 2.34. The quantitative estimate of drug-likeness (QED) is 0.854. The van der Waals surface area contributed by atoms with Crippen molar-refractivity contribution in [3.8, 4) is 0 Å². The van der Waals surface area contributed by atoms with Crippen LogP contribution in [0, 0.1) is 12.8 Å². The first-order valence-electron chi connectivity index (χ1n) is 7.20. The van der Waals surface area contributed by atoms with E-state index in [0.29, 0.717) is 35.6 Å². The summed E-state index contributed by atoms with van der Waals surface area (Å²) in [6.07, 6.45) is 3.35. The van der Waals surface area contributed by atoms with Crippen molar-refractivity contribution in [1.82, 2.24) is 19.8 Å². The van der Waals surface area contributed by atoms with E-state index in [1.165, 1.54) is 6.20 Å². The Morgan fingerprint density at radius 2 is 2.30 bits per heavy atom. The first-order chi connectivity index (χ1) is 9.46. The molecule has 2 N–H and O–H groups in total. The molecule has 6 nitrogen and oxygen atoms in total. The number of piperidine rings is 1. The lowest BCUT2D eigenvalue weighted by Crippen LogP contribution is -2.50. The lowest BCUT2D eigenvalue weighted by molar-refractivity contribution is 0.220. The number of nitrogens with zero attached hydrogens (tertiary/aromatic N) is 2. The van der Waals surface area contributed by atoms with Crippen molar-refractivity contribution in [2.45, 2.75) is 44.6 Å². The first-order valence-corrected chi connectivity index (χ1v) is 8.64. The molecule has 2 atom stereocenters. The minimum Gasteiger partial charge on any atom is -0.314 e. The van der Waals surface area contributed by atoms with E-state index in [1.54, 1.807) is 11.2 Å². The molecule has 1 aliphatic heterocycles. The number of rotatable bonds is 5. The molecular formula is C13H24N4O2S. The van der Waals surface area contributed by atoms with E-state index in [2.05, 4.69) is 29.4 Å². The van der Waals surface area contributed by atoms with Crippen molar-refractivity contribution in [2.75, 3.05) is 19.6 Å². The van der Waals surface area contributed by atoms with Gasteiger partial charge in [-0.3, -0.25) is 5.10 Å². The highest BCUT2D eigenvalue weighted by atomic mass is 32.2. The predicted octanol–water partition coefficient (Wildman–Crippen LogP) is 1.12. The van der Waals surface area contributed by atoms with Gasteiger partial charge in [-0.1, -0.05) is 13.8 Å². The average molecular weight is 300 g/mol. The molecule has 1 saturated heterocycles. The summed E-state index contributed by atoms with van der Waals surface area (Å²) in [6, 6.07) is 0.409. The normalized spacial score (nSPS) is 24.9. The number of nitrogens with one attached hydrogen (secondary N) is 2. The number of sulfonamides is 1. The predicted molar refractivity (Wildman–Crippen MR) is 77.9 cm³/mol. The van der Waals surface area contributed by atoms with E-state index in [4.69, 9.17) is 0 Å². The van der Waals surface area contributed by atoms with Gasteiger partial charge in [-0.05, 0) is 32.2 Å². The maximum atomic E-state index is 12.6. The van der Waals surface area contributed by atoms with Crippen LogP contribution in [0.2, 0.25) is 0 Å². The highest BCUT2D eigenvalue weighted by Crippen LogP contribution is 2.24. The second kappa shape index (κ2) is 6.24. The SMILES string of the molecule is CCCNC1CCN(S(=O)(=O)c2cn[nH]c2C)CC1C. The summed E-state index contributed by atoms with van der Waals surface area (Å²) in [5.74, 6) is 0.317. The molecule has 1 aromatic heterocycles. The molecule has 2 unspecified atom stereocenters. The molecule has 0 aromatic carbocycles. The summed E-state index contributed by atoms with van der Waals surface area (Å²) in [6.45, 7) is 8.10. The first kappa shape index (κ1) is 15.5. The van der Waals surface area contributed by atoms with Crippen LogP contribution in [-0.4, -0.2) is 48.6 Å². The van der Waals surface area contributed by atoms with E-state index in [9.17, 15) is 8.42 Å². The van der Waals surface area contributed by atoms with Crippen molar-refractivity contribution in [3.05, 3.63) is 11.9 Å². The number of aryl methyl sites for hydroxylation is 1. The van der Waals surface area contributed by atoms with Gasteiger partial charge >= 0.3 is 0 Å². The molecule has 20 heavy (non-hydrogen) atoms. The summed E-state index contributed by atoms with van der Waals surface area (Å²) < 4.78 is 26.7. The molecule has 1 fully saturated rings. The van der Waals surface area contributed by atoms with Crippen molar-refractivity contribution >= 4 is 10.0 Å². The maximum absolute atomic E-state index is 12.6. The third-order valence-corrected chi connectivity index (χ3v) is 5.90. The zero-order valence-corrected chi connectivity index (χ0v) is 13.2. The van der Waals surface area contributed by atoms with E-state index >= 15 is 0 Å². The molecular weight excluding hydrogens is 276 g/mol. The van der Waals surface area contributed by atoms with Crippen LogP contribution in [-0.2, 0) is 10.0 Å². The zero-order valence-electron chi connectivity index (χ0n) is 12.4. The second-order valence-corrected chi connectivity index (χ2v) is 7.46. The van der Waals surface area contributed by atoms with Gasteiger partial charge in [0.2, 0.25) is 10.0 Å². The van der Waals surface area contributed by atoms with Crippen LogP contribution < -0.4 is 5.32 Å². The molecule has 1 aromatic rings. The Morgan fingerprint density at radius 1 is 1.55 bits per heavy atom. The van der Waals surface area contributed by atoms with Gasteiger partial charge in [0, 0.05) is 19.1 Å². The second-order valence-electron chi connectivity index (χ2n) is 5.55. The number of hydrogen-bond donors (Lipinski definition) is 2. The monoisotopic (exact) mass is 300 g/mol. The van der Waals surface area contributed by atoms with Gasteiger partial charge in [0.1, 0.15) is 4.90 Å². The third-order valence-electron chi connectivity index (χ3n) is 3.93. The smallest absolute Gasteiger partial charge is 0.246 e. The molecule has 1 aliphatic rings. The number of aromatic nitrogens is 2. The van der Waals surface area contributed by atoms with Gasteiger partial charge in [-0.2, -0.15) is 9.40 Å². The van der Waals surface area contributed by atoms with Crippen molar-refractivity contribution in [1.29, 1.82) is 0 Å². The molecule has 114 valence electrons. The summed E-state index contributed by atoms with van der Waals surface area (Å²) in [5.41, 5.74) is 0.601. The molecule has 0 bridgehead atoms. The molecule has 7 heteroatoms. The fraction of sp³-hybridized carbons (Fsp3) is 0.769. The zero-order chi connectivity index (χ0) is 14.8. The van der Waals surface area contributed by atoms with Crippen molar-refractivity contribution in [2.24, 2.45) is 5.92 Å².